The molecular formula is C27H43N3O. The van der Waals surface area contributed by atoms with E-state index in [1.807, 2.05) is 12.4 Å². The molecule has 0 saturated heterocycles. The van der Waals surface area contributed by atoms with E-state index >= 15 is 0 Å². The molecule has 2 amide bonds. The number of pyridine rings is 1. The smallest absolute Gasteiger partial charge is 0.317 e. The monoisotopic (exact) mass is 425 g/mol. The van der Waals surface area contributed by atoms with Gasteiger partial charge in [0.2, 0.25) is 0 Å². The van der Waals surface area contributed by atoms with Crippen LogP contribution in [-0.4, -0.2) is 35.0 Å². The van der Waals surface area contributed by atoms with Crippen molar-refractivity contribution in [2.24, 2.45) is 23.2 Å². The van der Waals surface area contributed by atoms with Crippen LogP contribution < -0.4 is 5.32 Å². The van der Waals surface area contributed by atoms with Crippen LogP contribution in [0.15, 0.2) is 24.5 Å². The molecule has 0 aliphatic heterocycles. The van der Waals surface area contributed by atoms with E-state index in [0.717, 1.165) is 50.1 Å². The maximum atomic E-state index is 13.2. The van der Waals surface area contributed by atoms with Gasteiger partial charge < -0.3 is 10.2 Å². The second-order valence-corrected chi connectivity index (χ2v) is 11.1. The van der Waals surface area contributed by atoms with Crippen LogP contribution in [0.2, 0.25) is 0 Å². The Morgan fingerprint density at radius 2 is 1.74 bits per heavy atom. The lowest BCUT2D eigenvalue weighted by Crippen LogP contribution is -2.49. The zero-order valence-corrected chi connectivity index (χ0v) is 19.8. The number of nitrogens with one attached hydrogen (secondary N) is 1. The summed E-state index contributed by atoms with van der Waals surface area (Å²) in [5.74, 6) is 2.96. The Morgan fingerprint density at radius 3 is 2.35 bits per heavy atom. The van der Waals surface area contributed by atoms with Gasteiger partial charge in [-0.2, -0.15) is 0 Å². The van der Waals surface area contributed by atoms with E-state index in [9.17, 15) is 4.79 Å². The molecule has 4 bridgehead atoms. The molecule has 1 aromatic rings. The van der Waals surface area contributed by atoms with E-state index in [4.69, 9.17) is 0 Å². The van der Waals surface area contributed by atoms with Crippen LogP contribution in [0.25, 0.3) is 0 Å². The van der Waals surface area contributed by atoms with Crippen molar-refractivity contribution in [2.45, 2.75) is 96.9 Å². The fourth-order valence-electron chi connectivity index (χ4n) is 7.14. The number of hydrogen-bond donors (Lipinski definition) is 1. The van der Waals surface area contributed by atoms with Crippen molar-refractivity contribution in [3.05, 3.63) is 30.1 Å². The minimum atomic E-state index is 0.156. The van der Waals surface area contributed by atoms with Crippen LogP contribution >= 0.6 is 0 Å². The molecule has 1 atom stereocenters. The summed E-state index contributed by atoms with van der Waals surface area (Å²) < 4.78 is 0. The first kappa shape index (κ1) is 22.6. The quantitative estimate of drug-likeness (QED) is 0.428. The van der Waals surface area contributed by atoms with Gasteiger partial charge in [-0.15, -0.1) is 0 Å². The molecule has 31 heavy (non-hydrogen) atoms. The number of urea groups is 1. The first-order valence-corrected chi connectivity index (χ1v) is 13.0. The lowest BCUT2D eigenvalue weighted by atomic mass is 9.49. The summed E-state index contributed by atoms with van der Waals surface area (Å²) in [5.41, 5.74) is 1.84. The molecule has 4 aliphatic rings. The van der Waals surface area contributed by atoms with Crippen LogP contribution in [0.1, 0.15) is 90.0 Å². The number of aromatic nitrogens is 1. The van der Waals surface area contributed by atoms with Crippen molar-refractivity contribution in [3.8, 4) is 0 Å². The molecule has 4 aliphatic carbocycles. The highest BCUT2D eigenvalue weighted by atomic mass is 16.2. The van der Waals surface area contributed by atoms with E-state index in [1.165, 1.54) is 63.4 Å². The molecule has 0 radical (unpaired) electrons. The molecule has 0 spiro atoms. The van der Waals surface area contributed by atoms with Crippen LogP contribution in [0.4, 0.5) is 4.79 Å². The second kappa shape index (κ2) is 10.4. The van der Waals surface area contributed by atoms with E-state index in [-0.39, 0.29) is 12.1 Å². The Bertz CT molecular complexity index is 668. The highest BCUT2D eigenvalue weighted by Gasteiger charge is 2.50. The van der Waals surface area contributed by atoms with Crippen molar-refractivity contribution >= 4 is 6.03 Å². The first-order valence-electron chi connectivity index (χ1n) is 13.0. The van der Waals surface area contributed by atoms with E-state index in [2.05, 4.69) is 41.2 Å². The summed E-state index contributed by atoms with van der Waals surface area (Å²) in [6.07, 6.45) is 19.2. The summed E-state index contributed by atoms with van der Waals surface area (Å²) in [6.45, 7) is 6.23. The van der Waals surface area contributed by atoms with E-state index in [0.29, 0.717) is 5.41 Å². The van der Waals surface area contributed by atoms with Crippen molar-refractivity contribution in [1.82, 2.24) is 15.2 Å². The Balaban J connectivity index is 1.29. The standard InChI is InChI=1S/C27H43N3O/c1-3-4-5-13-30(26(31)29-21(2)6-7-22-8-11-28-12-9-22)14-10-27-18-23-15-24(19-27)17-25(16-23)20-27/h8-9,11-12,21,23-25H,3-7,10,13-20H2,1-2H3,(H,29,31). The van der Waals surface area contributed by atoms with Gasteiger partial charge in [0, 0.05) is 31.5 Å². The minimum absolute atomic E-state index is 0.156. The number of nitrogens with zero attached hydrogens (tertiary/aromatic N) is 2. The largest absolute Gasteiger partial charge is 0.336 e. The van der Waals surface area contributed by atoms with Crippen LogP contribution in [0, 0.1) is 23.2 Å². The fourth-order valence-corrected chi connectivity index (χ4v) is 7.14. The predicted molar refractivity (Wildman–Crippen MR) is 127 cm³/mol. The van der Waals surface area contributed by atoms with Crippen LogP contribution in [0.5, 0.6) is 0 Å². The molecule has 4 nitrogen and oxygen atoms in total. The Hall–Kier alpha value is -1.58. The lowest BCUT2D eigenvalue weighted by molar-refractivity contribution is -0.0596. The lowest BCUT2D eigenvalue weighted by Gasteiger charge is -2.57. The molecule has 1 heterocycles. The van der Waals surface area contributed by atoms with Crippen molar-refractivity contribution < 1.29 is 4.79 Å². The number of carbonyl (C=O) groups excluding carboxylic acids is 1. The van der Waals surface area contributed by atoms with Gasteiger partial charge in [0.05, 0.1) is 0 Å². The molecule has 172 valence electrons. The molecule has 4 saturated carbocycles. The van der Waals surface area contributed by atoms with Crippen LogP contribution in [0.3, 0.4) is 0 Å². The Morgan fingerprint density at radius 1 is 1.10 bits per heavy atom. The van der Waals surface area contributed by atoms with Crippen molar-refractivity contribution in [3.63, 3.8) is 0 Å². The summed E-state index contributed by atoms with van der Waals surface area (Å²) in [6, 6.07) is 4.48. The zero-order chi connectivity index (χ0) is 21.7. The molecule has 1 unspecified atom stereocenters. The van der Waals surface area contributed by atoms with Crippen molar-refractivity contribution in [2.75, 3.05) is 13.1 Å². The third kappa shape index (κ3) is 6.02. The molecule has 1 aromatic heterocycles. The zero-order valence-electron chi connectivity index (χ0n) is 19.8. The summed E-state index contributed by atoms with van der Waals surface area (Å²) in [7, 11) is 0. The third-order valence-corrected chi connectivity index (χ3v) is 8.38. The average Bonchev–Trinajstić information content (AvgIpc) is 2.74. The summed E-state index contributed by atoms with van der Waals surface area (Å²) in [4.78, 5) is 19.4. The van der Waals surface area contributed by atoms with Gasteiger partial charge in [0.25, 0.3) is 0 Å². The van der Waals surface area contributed by atoms with Gasteiger partial charge in [-0.1, -0.05) is 19.8 Å². The number of hydrogen-bond acceptors (Lipinski definition) is 2. The highest BCUT2D eigenvalue weighted by molar-refractivity contribution is 5.74. The number of carbonyl (C=O) groups is 1. The first-order chi connectivity index (χ1) is 15.0. The van der Waals surface area contributed by atoms with Gasteiger partial charge in [0.1, 0.15) is 0 Å². The minimum Gasteiger partial charge on any atom is -0.336 e. The van der Waals surface area contributed by atoms with Gasteiger partial charge in [-0.25, -0.2) is 4.79 Å². The molecule has 4 heteroatoms. The van der Waals surface area contributed by atoms with Crippen molar-refractivity contribution in [1.29, 1.82) is 0 Å². The maximum Gasteiger partial charge on any atom is 0.317 e. The third-order valence-electron chi connectivity index (χ3n) is 8.38. The number of unbranched alkanes of at least 4 members (excludes halogenated alkanes) is 2. The second-order valence-electron chi connectivity index (χ2n) is 11.1. The topological polar surface area (TPSA) is 45.2 Å². The average molecular weight is 426 g/mol. The Kier molecular flexibility index (Phi) is 7.55. The predicted octanol–water partition coefficient (Wildman–Crippen LogP) is 6.21. The number of rotatable bonds is 11. The van der Waals surface area contributed by atoms with Gasteiger partial charge in [-0.05, 0) is 112 Å². The Labute approximate surface area is 189 Å². The van der Waals surface area contributed by atoms with Gasteiger partial charge in [0.15, 0.2) is 0 Å². The fraction of sp³-hybridized carbons (Fsp3) is 0.778. The highest BCUT2D eigenvalue weighted by Crippen LogP contribution is 2.61. The molecular weight excluding hydrogens is 382 g/mol. The molecule has 1 N–H and O–H groups in total. The normalized spacial score (nSPS) is 29.7. The number of amides is 2. The SMILES string of the molecule is CCCCCN(CCC12CC3CC(CC(C3)C1)C2)C(=O)NC(C)CCc1ccncc1. The van der Waals surface area contributed by atoms with E-state index < -0.39 is 0 Å². The number of aryl methyl sites for hydroxylation is 1. The van der Waals surface area contributed by atoms with E-state index in [1.54, 1.807) is 0 Å². The van der Waals surface area contributed by atoms with Gasteiger partial charge in [-0.3, -0.25) is 4.98 Å². The van der Waals surface area contributed by atoms with Crippen LogP contribution in [-0.2, 0) is 6.42 Å². The van der Waals surface area contributed by atoms with Gasteiger partial charge >= 0.3 is 6.03 Å². The molecule has 5 rings (SSSR count). The summed E-state index contributed by atoms with van der Waals surface area (Å²) in [5, 5.41) is 3.31. The maximum absolute atomic E-state index is 13.2. The molecule has 0 aromatic carbocycles. The molecule has 4 fully saturated rings. The summed E-state index contributed by atoms with van der Waals surface area (Å²) >= 11 is 0.